The smallest absolute Gasteiger partial charge is 0.283 e. The van der Waals surface area contributed by atoms with Crippen molar-refractivity contribution in [1.82, 2.24) is 19.1 Å². The van der Waals surface area contributed by atoms with Crippen molar-refractivity contribution in [3.8, 4) is 0 Å². The summed E-state index contributed by atoms with van der Waals surface area (Å²) < 4.78 is 58.3. The first-order valence-corrected chi connectivity index (χ1v) is 14.8. The summed E-state index contributed by atoms with van der Waals surface area (Å²) >= 11 is 0. The minimum Gasteiger partial charge on any atom is -0.391 e. The van der Waals surface area contributed by atoms with Gasteiger partial charge in [-0.25, -0.2) is 31.9 Å². The van der Waals surface area contributed by atoms with Gasteiger partial charge in [-0.3, -0.25) is 9.20 Å². The van der Waals surface area contributed by atoms with Crippen molar-refractivity contribution < 1.29 is 27.1 Å². The van der Waals surface area contributed by atoms with Gasteiger partial charge in [-0.15, -0.1) is 0 Å². The van der Waals surface area contributed by atoms with Crippen LogP contribution in [0.5, 0.6) is 0 Å². The van der Waals surface area contributed by atoms with Crippen LogP contribution in [0.4, 0.5) is 20.3 Å². The summed E-state index contributed by atoms with van der Waals surface area (Å²) in [7, 11) is -4.25. The van der Waals surface area contributed by atoms with E-state index in [-0.39, 0.29) is 16.2 Å². The maximum absolute atomic E-state index is 14.7. The Morgan fingerprint density at radius 1 is 1.00 bits per heavy atom. The highest BCUT2D eigenvalue weighted by Gasteiger charge is 2.28. The fourth-order valence-corrected chi connectivity index (χ4v) is 6.45. The third-order valence-corrected chi connectivity index (χ3v) is 8.94. The number of benzene rings is 1. The second kappa shape index (κ2) is 10.7. The molecule has 0 radical (unpaired) electrons. The van der Waals surface area contributed by atoms with Gasteiger partial charge in [0.15, 0.2) is 0 Å². The molecule has 2 aliphatic rings. The number of aromatic nitrogens is 3. The lowest BCUT2D eigenvalue weighted by atomic mass is 9.94. The number of piperidine rings is 1. The molecule has 214 valence electrons. The first-order valence-electron chi connectivity index (χ1n) is 13.3. The van der Waals surface area contributed by atoms with E-state index in [9.17, 15) is 27.1 Å². The Hall–Kier alpha value is -4.10. The van der Waals surface area contributed by atoms with Gasteiger partial charge in [0.2, 0.25) is 0 Å². The van der Waals surface area contributed by atoms with Crippen LogP contribution in [0.2, 0.25) is 0 Å². The number of sulfonamides is 1. The minimum absolute atomic E-state index is 0.00782. The molecule has 2 fully saturated rings. The lowest BCUT2D eigenvalue weighted by molar-refractivity contribution is 0.0975. The molecule has 2 aliphatic heterocycles. The predicted molar refractivity (Wildman–Crippen MR) is 147 cm³/mol. The Morgan fingerprint density at radius 2 is 1.85 bits per heavy atom. The summed E-state index contributed by atoms with van der Waals surface area (Å²) in [6.45, 7) is 1.63. The molecule has 2 N–H and O–H groups in total. The predicted octanol–water partition coefficient (Wildman–Crippen LogP) is 3.43. The van der Waals surface area contributed by atoms with E-state index in [4.69, 9.17) is 0 Å². The number of pyridine rings is 2. The number of aliphatic hydroxyl groups excluding tert-OH is 1. The van der Waals surface area contributed by atoms with Gasteiger partial charge in [-0.2, -0.15) is 0 Å². The molecule has 5 heterocycles. The lowest BCUT2D eigenvalue weighted by Crippen LogP contribution is -2.34. The maximum atomic E-state index is 14.7. The molecular formula is C28H28F2N6O4S. The monoisotopic (exact) mass is 582 g/mol. The number of hydrogen-bond donors (Lipinski definition) is 2. The first-order chi connectivity index (χ1) is 19.7. The molecule has 2 saturated heterocycles. The molecule has 41 heavy (non-hydrogen) atoms. The number of nitrogens with one attached hydrogen (secondary N) is 1. The van der Waals surface area contributed by atoms with E-state index in [0.717, 1.165) is 25.0 Å². The van der Waals surface area contributed by atoms with Crippen LogP contribution < -0.4 is 14.5 Å². The van der Waals surface area contributed by atoms with Gasteiger partial charge in [-0.05, 0) is 68.1 Å². The fraction of sp³-hybridized carbons (Fsp3) is 0.321. The summed E-state index contributed by atoms with van der Waals surface area (Å²) in [5, 5.41) is 9.74. The molecule has 10 nitrogen and oxygen atoms in total. The Morgan fingerprint density at radius 3 is 2.61 bits per heavy atom. The van der Waals surface area contributed by atoms with Gasteiger partial charge in [0, 0.05) is 37.6 Å². The van der Waals surface area contributed by atoms with Crippen molar-refractivity contribution in [2.24, 2.45) is 0 Å². The van der Waals surface area contributed by atoms with Crippen LogP contribution in [0, 0.1) is 11.6 Å². The average Bonchev–Trinajstić information content (AvgIpc) is 3.60. The van der Waals surface area contributed by atoms with E-state index in [1.807, 2.05) is 9.80 Å². The molecule has 0 bridgehead atoms. The Labute approximate surface area is 235 Å². The van der Waals surface area contributed by atoms with Crippen LogP contribution in [0.25, 0.3) is 5.65 Å². The number of carbonyl (C=O) groups is 1. The molecule has 1 amide bonds. The van der Waals surface area contributed by atoms with E-state index in [2.05, 4.69) is 14.7 Å². The number of imidazole rings is 1. The number of amides is 1. The molecule has 1 aromatic carbocycles. The lowest BCUT2D eigenvalue weighted by Gasteiger charge is -2.38. The number of rotatable bonds is 6. The second-order valence-corrected chi connectivity index (χ2v) is 12.0. The standard InChI is InChI=1S/C28H28F2N6O4S/c29-18-4-7-23(30)22(13-18)24-3-1-2-11-35(24)19-5-8-27-32-15-25(36(27)16-19)28(38)33-41(39,40)21-6-9-26(31-14-21)34-12-10-20(37)17-34/h4-9,13-16,20,24,37H,1-3,10-12,17H2,(H,33,38). The number of aliphatic hydroxyl groups is 1. The molecule has 13 heteroatoms. The zero-order valence-corrected chi connectivity index (χ0v) is 22.8. The van der Waals surface area contributed by atoms with Gasteiger partial charge in [0.05, 0.1) is 24.0 Å². The van der Waals surface area contributed by atoms with Crippen LogP contribution in [0.1, 0.15) is 47.8 Å². The van der Waals surface area contributed by atoms with Gasteiger partial charge < -0.3 is 14.9 Å². The number of hydrogen-bond acceptors (Lipinski definition) is 8. The largest absolute Gasteiger partial charge is 0.391 e. The van der Waals surface area contributed by atoms with Crippen molar-refractivity contribution in [2.45, 2.75) is 42.7 Å². The Bertz CT molecular complexity index is 1710. The number of carbonyl (C=O) groups excluding carboxylic acids is 1. The second-order valence-electron chi connectivity index (χ2n) is 10.3. The molecule has 0 saturated carbocycles. The summed E-state index contributed by atoms with van der Waals surface area (Å²) in [5.41, 5.74) is 1.33. The first kappa shape index (κ1) is 27.1. The van der Waals surface area contributed by atoms with E-state index < -0.39 is 39.7 Å². The number of β-amino-alcohol motifs (C(OH)–C–C–N with tert-alkyl or cyclic N) is 1. The number of nitrogens with zero attached hydrogens (tertiary/aromatic N) is 5. The third-order valence-electron chi connectivity index (χ3n) is 7.62. The number of halogens is 2. The Kier molecular flexibility index (Phi) is 7.08. The molecule has 0 spiro atoms. The topological polar surface area (TPSA) is 120 Å². The highest BCUT2D eigenvalue weighted by molar-refractivity contribution is 7.90. The third kappa shape index (κ3) is 5.34. The summed E-state index contributed by atoms with van der Waals surface area (Å²) in [5.74, 6) is -1.35. The van der Waals surface area contributed by atoms with Gasteiger partial charge in [0.25, 0.3) is 15.9 Å². The van der Waals surface area contributed by atoms with Crippen LogP contribution in [-0.4, -0.2) is 59.5 Å². The van der Waals surface area contributed by atoms with Crippen LogP contribution in [-0.2, 0) is 10.0 Å². The molecule has 3 aromatic heterocycles. The normalized spacial score (nSPS) is 19.6. The summed E-state index contributed by atoms with van der Waals surface area (Å²) in [4.78, 5) is 25.2. The summed E-state index contributed by atoms with van der Waals surface area (Å²) in [6, 6.07) is 9.40. The molecule has 0 aliphatic carbocycles. The van der Waals surface area contributed by atoms with Crippen molar-refractivity contribution in [3.05, 3.63) is 83.9 Å². The highest BCUT2D eigenvalue weighted by atomic mass is 32.2. The number of fused-ring (bicyclic) bond motifs is 1. The van der Waals surface area contributed by atoms with E-state index in [1.165, 1.54) is 35.0 Å². The van der Waals surface area contributed by atoms with E-state index in [1.54, 1.807) is 18.3 Å². The van der Waals surface area contributed by atoms with E-state index in [0.29, 0.717) is 49.6 Å². The zero-order chi connectivity index (χ0) is 28.7. The highest BCUT2D eigenvalue weighted by Crippen LogP contribution is 2.36. The zero-order valence-electron chi connectivity index (χ0n) is 22.0. The molecule has 2 unspecified atom stereocenters. The fourth-order valence-electron chi connectivity index (χ4n) is 5.54. The molecule has 6 rings (SSSR count). The van der Waals surface area contributed by atoms with Crippen LogP contribution in [0.15, 0.2) is 66.0 Å². The van der Waals surface area contributed by atoms with Crippen LogP contribution >= 0.6 is 0 Å². The maximum Gasteiger partial charge on any atom is 0.283 e. The van der Waals surface area contributed by atoms with Gasteiger partial charge >= 0.3 is 0 Å². The van der Waals surface area contributed by atoms with E-state index >= 15 is 0 Å². The number of anilines is 2. The quantitative estimate of drug-likeness (QED) is 0.355. The van der Waals surface area contributed by atoms with Gasteiger partial charge in [0.1, 0.15) is 33.7 Å². The SMILES string of the molecule is O=C(NS(=O)(=O)c1ccc(N2CCC(O)C2)nc1)c1cnc2ccc(N3CCCCC3c3cc(F)ccc3F)cn12. The van der Waals surface area contributed by atoms with Crippen molar-refractivity contribution in [1.29, 1.82) is 0 Å². The Balaban J connectivity index is 1.25. The molecule has 2 atom stereocenters. The van der Waals surface area contributed by atoms with Crippen molar-refractivity contribution in [3.63, 3.8) is 0 Å². The minimum atomic E-state index is -4.25. The average molecular weight is 583 g/mol. The van der Waals surface area contributed by atoms with Gasteiger partial charge in [-0.1, -0.05) is 0 Å². The molecular weight excluding hydrogens is 554 g/mol. The van der Waals surface area contributed by atoms with Crippen molar-refractivity contribution >= 4 is 33.1 Å². The van der Waals surface area contributed by atoms with Crippen LogP contribution in [0.3, 0.4) is 0 Å². The summed E-state index contributed by atoms with van der Waals surface area (Å²) in [6.07, 6.45) is 6.60. The van der Waals surface area contributed by atoms with Crippen molar-refractivity contribution in [2.75, 3.05) is 29.4 Å². The molecule has 4 aromatic rings.